The number of hydrogen-bond acceptors (Lipinski definition) is 5. The monoisotopic (exact) mass is 274 g/mol. The van der Waals surface area contributed by atoms with E-state index in [9.17, 15) is 8.78 Å². The number of anilines is 1. The van der Waals surface area contributed by atoms with Crippen LogP contribution in [-0.2, 0) is 0 Å². The molecule has 0 unspecified atom stereocenters. The van der Waals surface area contributed by atoms with Gasteiger partial charge in [-0.05, 0) is 12.1 Å². The van der Waals surface area contributed by atoms with Gasteiger partial charge in [0.05, 0.1) is 11.2 Å². The fourth-order valence-corrected chi connectivity index (χ4v) is 1.63. The van der Waals surface area contributed by atoms with E-state index in [1.54, 1.807) is 24.3 Å². The molecule has 0 bridgehead atoms. The molecule has 1 aromatic heterocycles. The van der Waals surface area contributed by atoms with Crippen molar-refractivity contribution in [3.8, 4) is 11.8 Å². The molecule has 2 aromatic carbocycles. The predicted molar refractivity (Wildman–Crippen MR) is 68.2 cm³/mol. The molecule has 3 aromatic rings. The summed E-state index contributed by atoms with van der Waals surface area (Å²) < 4.78 is 32.0. The molecule has 0 aliphatic heterocycles. The third kappa shape index (κ3) is 2.20. The molecule has 20 heavy (non-hydrogen) atoms. The van der Waals surface area contributed by atoms with Crippen molar-refractivity contribution < 1.29 is 13.5 Å². The van der Waals surface area contributed by atoms with Crippen LogP contribution in [0, 0.1) is 11.6 Å². The Morgan fingerprint density at radius 3 is 2.50 bits per heavy atom. The van der Waals surface area contributed by atoms with Crippen LogP contribution in [-0.4, -0.2) is 15.2 Å². The van der Waals surface area contributed by atoms with E-state index in [0.717, 1.165) is 12.1 Å². The number of aromatic nitrogens is 3. The van der Waals surface area contributed by atoms with Crippen molar-refractivity contribution in [1.82, 2.24) is 15.2 Å². The van der Waals surface area contributed by atoms with E-state index < -0.39 is 11.6 Å². The molecule has 2 N–H and O–H groups in total. The summed E-state index contributed by atoms with van der Waals surface area (Å²) in [6.45, 7) is 0. The molecule has 0 saturated heterocycles. The molecule has 0 radical (unpaired) electrons. The van der Waals surface area contributed by atoms with Gasteiger partial charge in [-0.25, -0.2) is 8.78 Å². The van der Waals surface area contributed by atoms with Gasteiger partial charge in [0.25, 0.3) is 0 Å². The number of nitrogens with two attached hydrogens (primary N) is 1. The van der Waals surface area contributed by atoms with E-state index in [1.807, 2.05) is 0 Å². The largest absolute Gasteiger partial charge is 0.420 e. The first kappa shape index (κ1) is 12.2. The number of fused-ring (bicyclic) bond motifs is 1. The summed E-state index contributed by atoms with van der Waals surface area (Å²) in [5.41, 5.74) is 6.05. The molecule has 0 fully saturated rings. The zero-order chi connectivity index (χ0) is 14.1. The Balaban J connectivity index is 1.99. The molecule has 0 aliphatic rings. The van der Waals surface area contributed by atoms with Gasteiger partial charge in [0.2, 0.25) is 0 Å². The van der Waals surface area contributed by atoms with Gasteiger partial charge in [0, 0.05) is 12.1 Å². The van der Waals surface area contributed by atoms with Gasteiger partial charge >= 0.3 is 6.01 Å². The van der Waals surface area contributed by atoms with Crippen LogP contribution in [0.5, 0.6) is 11.8 Å². The number of nitrogen functional groups attached to an aromatic ring is 1. The molecule has 1 heterocycles. The minimum absolute atomic E-state index is 0.174. The number of para-hydroxylation sites is 1. The average molecular weight is 274 g/mol. The zero-order valence-electron chi connectivity index (χ0n) is 10.0. The first-order valence-corrected chi connectivity index (χ1v) is 5.65. The van der Waals surface area contributed by atoms with Gasteiger partial charge in [-0.1, -0.05) is 17.2 Å². The van der Waals surface area contributed by atoms with Crippen LogP contribution in [0.3, 0.4) is 0 Å². The number of ether oxygens (including phenoxy) is 1. The van der Waals surface area contributed by atoms with Crippen LogP contribution in [0.25, 0.3) is 11.0 Å². The van der Waals surface area contributed by atoms with Crippen molar-refractivity contribution in [2.24, 2.45) is 0 Å². The van der Waals surface area contributed by atoms with Crippen LogP contribution in [0.15, 0.2) is 36.4 Å². The molecule has 5 nitrogen and oxygen atoms in total. The van der Waals surface area contributed by atoms with E-state index >= 15 is 0 Å². The molecule has 0 saturated carbocycles. The third-order valence-electron chi connectivity index (χ3n) is 2.59. The molecule has 0 spiro atoms. The highest BCUT2D eigenvalue weighted by Gasteiger charge is 2.12. The quantitative estimate of drug-likeness (QED) is 0.727. The summed E-state index contributed by atoms with van der Waals surface area (Å²) >= 11 is 0. The van der Waals surface area contributed by atoms with Gasteiger partial charge < -0.3 is 10.5 Å². The Hall–Kier alpha value is -2.83. The molecule has 0 atom stereocenters. The van der Waals surface area contributed by atoms with E-state index in [1.165, 1.54) is 0 Å². The average Bonchev–Trinajstić information content (AvgIpc) is 2.44. The standard InChI is InChI=1S/C13H8F2N4O/c14-7-6-12(8(15)5-9(7)16)20-13-17-10-3-1-2-4-11(10)18-19-13/h1-6H,16H2. The lowest BCUT2D eigenvalue weighted by atomic mass is 10.3. The Morgan fingerprint density at radius 1 is 0.950 bits per heavy atom. The van der Waals surface area contributed by atoms with Crippen LogP contribution in [0.1, 0.15) is 0 Å². The lowest BCUT2D eigenvalue weighted by Gasteiger charge is -2.06. The summed E-state index contributed by atoms with van der Waals surface area (Å²) in [5, 5.41) is 7.56. The zero-order valence-corrected chi connectivity index (χ0v) is 10.0. The van der Waals surface area contributed by atoms with Gasteiger partial charge in [-0.15, -0.1) is 5.10 Å². The van der Waals surface area contributed by atoms with Crippen molar-refractivity contribution >= 4 is 16.7 Å². The summed E-state index contributed by atoms with van der Waals surface area (Å²) in [6, 6.07) is 8.48. The van der Waals surface area contributed by atoms with Gasteiger partial charge in [-0.2, -0.15) is 4.98 Å². The topological polar surface area (TPSA) is 73.9 Å². The maximum atomic E-state index is 13.6. The van der Waals surface area contributed by atoms with Crippen LogP contribution in [0.2, 0.25) is 0 Å². The summed E-state index contributed by atoms with van der Waals surface area (Å²) in [5.74, 6) is -1.94. The van der Waals surface area contributed by atoms with Crippen molar-refractivity contribution in [3.05, 3.63) is 48.0 Å². The molecule has 3 rings (SSSR count). The van der Waals surface area contributed by atoms with Crippen LogP contribution >= 0.6 is 0 Å². The highest BCUT2D eigenvalue weighted by Crippen LogP contribution is 2.26. The second-order valence-electron chi connectivity index (χ2n) is 3.99. The second kappa shape index (κ2) is 4.69. The maximum absolute atomic E-state index is 13.6. The van der Waals surface area contributed by atoms with E-state index in [-0.39, 0.29) is 17.4 Å². The number of hydrogen-bond donors (Lipinski definition) is 1. The molecular weight excluding hydrogens is 266 g/mol. The normalized spacial score (nSPS) is 10.7. The molecule has 0 amide bonds. The smallest absolute Gasteiger partial charge is 0.341 e. The fraction of sp³-hybridized carbons (Fsp3) is 0. The summed E-state index contributed by atoms with van der Waals surface area (Å²) in [4.78, 5) is 4.05. The highest BCUT2D eigenvalue weighted by atomic mass is 19.1. The lowest BCUT2D eigenvalue weighted by molar-refractivity contribution is 0.403. The number of halogens is 2. The van der Waals surface area contributed by atoms with Crippen molar-refractivity contribution in [2.75, 3.05) is 5.73 Å². The Kier molecular flexibility index (Phi) is 2.86. The predicted octanol–water partition coefficient (Wildman–Crippen LogP) is 2.68. The third-order valence-corrected chi connectivity index (χ3v) is 2.59. The first-order valence-electron chi connectivity index (χ1n) is 5.65. The van der Waals surface area contributed by atoms with Gasteiger partial charge in [0.1, 0.15) is 11.3 Å². The Morgan fingerprint density at radius 2 is 1.70 bits per heavy atom. The lowest BCUT2D eigenvalue weighted by Crippen LogP contribution is -1.99. The van der Waals surface area contributed by atoms with Gasteiger partial charge in [-0.3, -0.25) is 0 Å². The van der Waals surface area contributed by atoms with Crippen LogP contribution < -0.4 is 10.5 Å². The molecule has 100 valence electrons. The van der Waals surface area contributed by atoms with Gasteiger partial charge in [0.15, 0.2) is 11.6 Å². The van der Waals surface area contributed by atoms with E-state index in [2.05, 4.69) is 15.2 Å². The van der Waals surface area contributed by atoms with Crippen molar-refractivity contribution in [1.29, 1.82) is 0 Å². The minimum Gasteiger partial charge on any atom is -0.420 e. The number of nitrogens with zero attached hydrogens (tertiary/aromatic N) is 3. The molecule has 0 aliphatic carbocycles. The Bertz CT molecular complexity index is 794. The second-order valence-corrected chi connectivity index (χ2v) is 3.99. The maximum Gasteiger partial charge on any atom is 0.341 e. The highest BCUT2D eigenvalue weighted by molar-refractivity contribution is 5.73. The molecular formula is C13H8F2N4O. The van der Waals surface area contributed by atoms with Crippen LogP contribution in [0.4, 0.5) is 14.5 Å². The van der Waals surface area contributed by atoms with E-state index in [0.29, 0.717) is 11.0 Å². The Labute approximate surface area is 112 Å². The number of benzene rings is 2. The van der Waals surface area contributed by atoms with Crippen molar-refractivity contribution in [2.45, 2.75) is 0 Å². The first-order chi connectivity index (χ1) is 9.63. The number of rotatable bonds is 2. The SMILES string of the molecule is Nc1cc(F)c(Oc2nnc3ccccc3n2)cc1F. The summed E-state index contributed by atoms with van der Waals surface area (Å²) in [6.07, 6.45) is 0. The molecule has 7 heteroatoms. The fourth-order valence-electron chi connectivity index (χ4n) is 1.63. The van der Waals surface area contributed by atoms with Crippen molar-refractivity contribution in [3.63, 3.8) is 0 Å². The minimum atomic E-state index is -0.805. The van der Waals surface area contributed by atoms with E-state index in [4.69, 9.17) is 10.5 Å². The summed E-state index contributed by atoms with van der Waals surface area (Å²) in [7, 11) is 0.